The fourth-order valence-corrected chi connectivity index (χ4v) is 2.28. The van der Waals surface area contributed by atoms with Gasteiger partial charge in [0.15, 0.2) is 0 Å². The molecule has 0 aliphatic heterocycles. The summed E-state index contributed by atoms with van der Waals surface area (Å²) in [5.41, 5.74) is 0. The fraction of sp³-hybridized carbons (Fsp3) is 0.917. The zero-order valence-electron chi connectivity index (χ0n) is 12.3. The molecule has 0 aliphatic rings. The Balaban J connectivity index is 4.72. The molecule has 0 rings (SSSR count). The van der Waals surface area contributed by atoms with Gasteiger partial charge in [0.2, 0.25) is 15.9 Å². The Morgan fingerprint density at radius 3 is 2.11 bits per heavy atom. The van der Waals surface area contributed by atoms with Crippen molar-refractivity contribution in [3.05, 3.63) is 0 Å². The van der Waals surface area contributed by atoms with Gasteiger partial charge in [0.1, 0.15) is 6.04 Å². The van der Waals surface area contributed by atoms with Crippen LogP contribution in [0.2, 0.25) is 0 Å². The molecule has 0 bridgehead atoms. The number of nitrogens with one attached hydrogen (secondary N) is 2. The summed E-state index contributed by atoms with van der Waals surface area (Å²) in [5, 5.41) is 11.8. The zero-order chi connectivity index (χ0) is 15.2. The smallest absolute Gasteiger partial charge is 0.238 e. The molecule has 0 aromatic rings. The van der Waals surface area contributed by atoms with Gasteiger partial charge in [-0.05, 0) is 25.2 Å². The Kier molecular flexibility index (Phi) is 7.54. The van der Waals surface area contributed by atoms with Crippen LogP contribution in [0.5, 0.6) is 0 Å². The molecule has 3 atom stereocenters. The predicted molar refractivity (Wildman–Crippen MR) is 75.1 cm³/mol. The first-order valence-corrected chi connectivity index (χ1v) is 8.34. The zero-order valence-corrected chi connectivity index (χ0v) is 13.1. The molecule has 6 nitrogen and oxygen atoms in total. The second kappa shape index (κ2) is 7.81. The van der Waals surface area contributed by atoms with Gasteiger partial charge in [-0.1, -0.05) is 20.8 Å². The van der Waals surface area contributed by atoms with Crippen LogP contribution in [0, 0.1) is 11.8 Å². The van der Waals surface area contributed by atoms with Gasteiger partial charge in [-0.3, -0.25) is 4.79 Å². The van der Waals surface area contributed by atoms with Gasteiger partial charge < -0.3 is 10.4 Å². The molecule has 0 spiro atoms. The van der Waals surface area contributed by atoms with Gasteiger partial charge in [-0.2, -0.15) is 0 Å². The molecular weight excluding hydrogens is 268 g/mol. The van der Waals surface area contributed by atoms with Crippen LogP contribution in [0.4, 0.5) is 0 Å². The van der Waals surface area contributed by atoms with Gasteiger partial charge in [-0.25, -0.2) is 13.1 Å². The Morgan fingerprint density at radius 1 is 1.21 bits per heavy atom. The van der Waals surface area contributed by atoms with Crippen LogP contribution in [0.3, 0.4) is 0 Å². The van der Waals surface area contributed by atoms with Gasteiger partial charge in [0, 0.05) is 12.6 Å². The van der Waals surface area contributed by atoms with Crippen LogP contribution in [0.15, 0.2) is 0 Å². The van der Waals surface area contributed by atoms with Crippen molar-refractivity contribution in [1.82, 2.24) is 10.0 Å². The third-order valence-electron chi connectivity index (χ3n) is 2.89. The molecule has 19 heavy (non-hydrogen) atoms. The second-order valence-electron chi connectivity index (χ2n) is 5.53. The van der Waals surface area contributed by atoms with Crippen molar-refractivity contribution >= 4 is 15.9 Å². The van der Waals surface area contributed by atoms with E-state index in [9.17, 15) is 13.2 Å². The van der Waals surface area contributed by atoms with E-state index in [0.29, 0.717) is 6.42 Å². The lowest BCUT2D eigenvalue weighted by molar-refractivity contribution is -0.124. The van der Waals surface area contributed by atoms with Crippen molar-refractivity contribution in [1.29, 1.82) is 0 Å². The SMILES string of the molecule is CC(C)CC(NS(C)(=O)=O)C(=O)NC(C)C(C)CO. The van der Waals surface area contributed by atoms with Crippen molar-refractivity contribution in [2.24, 2.45) is 11.8 Å². The van der Waals surface area contributed by atoms with Crippen molar-refractivity contribution in [2.45, 2.75) is 46.2 Å². The van der Waals surface area contributed by atoms with Gasteiger partial charge >= 0.3 is 0 Å². The summed E-state index contributed by atoms with van der Waals surface area (Å²) in [4.78, 5) is 12.1. The van der Waals surface area contributed by atoms with Gasteiger partial charge in [-0.15, -0.1) is 0 Å². The first-order chi connectivity index (χ1) is 8.56. The number of hydrogen-bond acceptors (Lipinski definition) is 4. The molecule has 0 saturated heterocycles. The quantitative estimate of drug-likeness (QED) is 0.591. The minimum atomic E-state index is -3.44. The molecule has 114 valence electrons. The molecule has 0 saturated carbocycles. The minimum Gasteiger partial charge on any atom is -0.396 e. The third kappa shape index (κ3) is 8.18. The number of rotatable bonds is 8. The van der Waals surface area contributed by atoms with Gasteiger partial charge in [0.25, 0.3) is 0 Å². The molecule has 0 radical (unpaired) electrons. The molecule has 3 unspecified atom stereocenters. The molecule has 7 heteroatoms. The summed E-state index contributed by atoms with van der Waals surface area (Å²) < 4.78 is 24.9. The van der Waals surface area contributed by atoms with E-state index >= 15 is 0 Å². The predicted octanol–water partition coefficient (Wildman–Crippen LogP) is 0.0834. The number of aliphatic hydroxyl groups excluding tert-OH is 1. The number of carbonyl (C=O) groups is 1. The summed E-state index contributed by atoms with van der Waals surface area (Å²) in [6.45, 7) is 7.40. The number of amides is 1. The summed E-state index contributed by atoms with van der Waals surface area (Å²) >= 11 is 0. The maximum atomic E-state index is 12.1. The maximum Gasteiger partial charge on any atom is 0.238 e. The Morgan fingerprint density at radius 2 is 1.74 bits per heavy atom. The monoisotopic (exact) mass is 294 g/mol. The number of hydrogen-bond donors (Lipinski definition) is 3. The van der Waals surface area contributed by atoms with Crippen LogP contribution in [-0.2, 0) is 14.8 Å². The lowest BCUT2D eigenvalue weighted by atomic mass is 10.0. The highest BCUT2D eigenvalue weighted by molar-refractivity contribution is 7.88. The molecule has 0 fully saturated rings. The van der Waals surface area contributed by atoms with E-state index in [1.54, 1.807) is 6.92 Å². The van der Waals surface area contributed by atoms with Crippen LogP contribution in [-0.4, -0.2) is 44.4 Å². The van der Waals surface area contributed by atoms with E-state index in [2.05, 4.69) is 10.0 Å². The fourth-order valence-electron chi connectivity index (χ4n) is 1.56. The van der Waals surface area contributed by atoms with E-state index in [4.69, 9.17) is 5.11 Å². The maximum absolute atomic E-state index is 12.1. The lowest BCUT2D eigenvalue weighted by Gasteiger charge is -2.24. The van der Waals surface area contributed by atoms with Crippen molar-refractivity contribution in [2.75, 3.05) is 12.9 Å². The van der Waals surface area contributed by atoms with E-state index in [1.165, 1.54) is 0 Å². The Hall–Kier alpha value is -0.660. The van der Waals surface area contributed by atoms with Crippen LogP contribution in [0.25, 0.3) is 0 Å². The summed E-state index contributed by atoms with van der Waals surface area (Å²) in [7, 11) is -3.44. The van der Waals surface area contributed by atoms with Crippen molar-refractivity contribution in [3.8, 4) is 0 Å². The highest BCUT2D eigenvalue weighted by atomic mass is 32.2. The first-order valence-electron chi connectivity index (χ1n) is 6.45. The second-order valence-corrected chi connectivity index (χ2v) is 7.31. The summed E-state index contributed by atoms with van der Waals surface area (Å²) in [5.74, 6) is -0.246. The van der Waals surface area contributed by atoms with E-state index in [-0.39, 0.29) is 30.4 Å². The summed E-state index contributed by atoms with van der Waals surface area (Å²) in [6.07, 6.45) is 1.46. The van der Waals surface area contributed by atoms with E-state index in [0.717, 1.165) is 6.26 Å². The molecule has 0 aliphatic carbocycles. The van der Waals surface area contributed by atoms with E-state index in [1.807, 2.05) is 20.8 Å². The highest BCUT2D eigenvalue weighted by Crippen LogP contribution is 2.08. The average Bonchev–Trinajstić information content (AvgIpc) is 2.24. The molecule has 0 aromatic heterocycles. The molecular formula is C12H26N2O4S. The molecule has 0 aromatic carbocycles. The van der Waals surface area contributed by atoms with Crippen LogP contribution >= 0.6 is 0 Å². The van der Waals surface area contributed by atoms with Crippen LogP contribution < -0.4 is 10.0 Å². The standard InChI is InChI=1S/C12H26N2O4S/c1-8(2)6-11(14-19(5,17)18)12(16)13-10(4)9(3)7-15/h8-11,14-15H,6-7H2,1-5H3,(H,13,16). The molecule has 3 N–H and O–H groups in total. The number of carbonyl (C=O) groups excluding carboxylic acids is 1. The average molecular weight is 294 g/mol. The first kappa shape index (κ1) is 18.3. The Bertz CT molecular complexity index is 381. The minimum absolute atomic E-state index is 0.0319. The third-order valence-corrected chi connectivity index (χ3v) is 3.60. The van der Waals surface area contributed by atoms with E-state index < -0.39 is 16.1 Å². The number of sulfonamides is 1. The largest absolute Gasteiger partial charge is 0.396 e. The van der Waals surface area contributed by atoms with Gasteiger partial charge in [0.05, 0.1) is 6.26 Å². The Labute approximate surface area is 116 Å². The number of aliphatic hydroxyl groups is 1. The highest BCUT2D eigenvalue weighted by Gasteiger charge is 2.25. The van der Waals surface area contributed by atoms with Crippen LogP contribution in [0.1, 0.15) is 34.1 Å². The lowest BCUT2D eigenvalue weighted by Crippen LogP contribution is -2.50. The molecule has 0 heterocycles. The van der Waals surface area contributed by atoms with Crippen molar-refractivity contribution < 1.29 is 18.3 Å². The van der Waals surface area contributed by atoms with Crippen molar-refractivity contribution in [3.63, 3.8) is 0 Å². The summed E-state index contributed by atoms with van der Waals surface area (Å²) in [6, 6.07) is -0.989. The normalized spacial score (nSPS) is 17.0. The topological polar surface area (TPSA) is 95.5 Å². The molecule has 1 amide bonds.